The lowest BCUT2D eigenvalue weighted by Crippen LogP contribution is -2.30. The number of hydrogen-bond acceptors (Lipinski definition) is 6. The zero-order valence-corrected chi connectivity index (χ0v) is 37.9. The Morgan fingerprint density at radius 1 is 0.286 bits per heavy atom. The van der Waals surface area contributed by atoms with Crippen molar-refractivity contribution in [1.82, 2.24) is 0 Å². The molecule has 6 nitrogen and oxygen atoms in total. The van der Waals surface area contributed by atoms with E-state index in [9.17, 15) is 14.4 Å². The quantitative estimate of drug-likeness (QED) is 0.0347. The van der Waals surface area contributed by atoms with Crippen LogP contribution in [0.25, 0.3) is 0 Å². The highest BCUT2D eigenvalue weighted by atomic mass is 16.6. The summed E-state index contributed by atoms with van der Waals surface area (Å²) in [5, 5.41) is 0. The normalized spacial score (nSPS) is 11.8. The minimum Gasteiger partial charge on any atom is -0.462 e. The first-order valence-electron chi connectivity index (χ1n) is 25.0. The summed E-state index contributed by atoms with van der Waals surface area (Å²) in [5.74, 6) is -0.845. The molecule has 0 aromatic carbocycles. The molecule has 0 heterocycles. The molecule has 0 saturated carbocycles. The van der Waals surface area contributed by atoms with Crippen LogP contribution < -0.4 is 0 Å². The number of esters is 3. The molecule has 6 heteroatoms. The van der Waals surface area contributed by atoms with Gasteiger partial charge < -0.3 is 14.2 Å². The van der Waals surface area contributed by atoms with E-state index in [1.165, 1.54) is 186 Å². The third-order valence-electron chi connectivity index (χ3n) is 11.4. The average Bonchev–Trinajstić information content (AvgIpc) is 3.19. The zero-order chi connectivity index (χ0) is 40.8. The molecular formula is C50H96O6. The first-order valence-corrected chi connectivity index (χ1v) is 25.0. The van der Waals surface area contributed by atoms with Crippen LogP contribution in [0.4, 0.5) is 0 Å². The third kappa shape index (κ3) is 43.5. The largest absolute Gasteiger partial charge is 0.462 e. The molecule has 0 aliphatic carbocycles. The highest BCUT2D eigenvalue weighted by molar-refractivity contribution is 5.71. The molecule has 1 atom stereocenters. The molecule has 0 rings (SSSR count). The second-order valence-electron chi connectivity index (χ2n) is 17.1. The molecule has 0 N–H and O–H groups in total. The van der Waals surface area contributed by atoms with E-state index in [1.54, 1.807) is 0 Å². The van der Waals surface area contributed by atoms with Crippen molar-refractivity contribution in [3.05, 3.63) is 0 Å². The van der Waals surface area contributed by atoms with E-state index in [4.69, 9.17) is 14.2 Å². The lowest BCUT2D eigenvalue weighted by Gasteiger charge is -2.18. The van der Waals surface area contributed by atoms with Gasteiger partial charge in [0.25, 0.3) is 0 Å². The van der Waals surface area contributed by atoms with Crippen molar-refractivity contribution in [2.24, 2.45) is 0 Å². The summed E-state index contributed by atoms with van der Waals surface area (Å²) in [5.41, 5.74) is 0. The van der Waals surface area contributed by atoms with Crippen molar-refractivity contribution >= 4 is 17.9 Å². The van der Waals surface area contributed by atoms with E-state index in [-0.39, 0.29) is 31.1 Å². The van der Waals surface area contributed by atoms with Crippen molar-refractivity contribution in [3.63, 3.8) is 0 Å². The Morgan fingerprint density at radius 2 is 0.482 bits per heavy atom. The third-order valence-corrected chi connectivity index (χ3v) is 11.4. The Bertz CT molecular complexity index is 828. The summed E-state index contributed by atoms with van der Waals surface area (Å²) >= 11 is 0. The van der Waals surface area contributed by atoms with Crippen LogP contribution in [0.5, 0.6) is 0 Å². The molecule has 0 fully saturated rings. The van der Waals surface area contributed by atoms with Crippen LogP contribution in [-0.2, 0) is 28.6 Å². The highest BCUT2D eigenvalue weighted by Gasteiger charge is 2.19. The van der Waals surface area contributed by atoms with Gasteiger partial charge in [-0.1, -0.05) is 245 Å². The fourth-order valence-corrected chi connectivity index (χ4v) is 7.56. The minimum atomic E-state index is -0.758. The summed E-state index contributed by atoms with van der Waals surface area (Å²) in [6.45, 7) is 6.66. The molecule has 0 amide bonds. The molecule has 0 aliphatic rings. The lowest BCUT2D eigenvalue weighted by atomic mass is 10.0. The molecular weight excluding hydrogens is 697 g/mol. The smallest absolute Gasteiger partial charge is 0.306 e. The van der Waals surface area contributed by atoms with Gasteiger partial charge in [0.1, 0.15) is 13.2 Å². The first kappa shape index (κ1) is 54.4. The number of carbonyl (C=O) groups excluding carboxylic acids is 3. The molecule has 0 spiro atoms. The summed E-state index contributed by atoms with van der Waals surface area (Å²) < 4.78 is 16.8. The Balaban J connectivity index is 4.27. The van der Waals surface area contributed by atoms with E-state index in [1.807, 2.05) is 0 Å². The van der Waals surface area contributed by atoms with Crippen molar-refractivity contribution in [2.45, 2.75) is 290 Å². The van der Waals surface area contributed by atoms with Crippen molar-refractivity contribution in [3.8, 4) is 0 Å². The van der Waals surface area contributed by atoms with Gasteiger partial charge in [-0.2, -0.15) is 0 Å². The first-order chi connectivity index (χ1) is 27.5. The van der Waals surface area contributed by atoms with E-state index >= 15 is 0 Å². The highest BCUT2D eigenvalue weighted by Crippen LogP contribution is 2.16. The SMILES string of the molecule is CCCCCCCCCCCCCCCCCCC(=O)OC[C@H](COC(=O)CCCCCCCCCCCCC)OC(=O)CCCCCCCCCCCCC. The topological polar surface area (TPSA) is 78.9 Å². The van der Waals surface area contributed by atoms with E-state index in [0.29, 0.717) is 19.3 Å². The molecule has 0 bridgehead atoms. The van der Waals surface area contributed by atoms with Crippen LogP contribution in [0.1, 0.15) is 284 Å². The van der Waals surface area contributed by atoms with E-state index in [0.717, 1.165) is 57.8 Å². The van der Waals surface area contributed by atoms with Crippen LogP contribution in [0, 0.1) is 0 Å². The number of unbranched alkanes of at least 4 members (excludes halogenated alkanes) is 35. The van der Waals surface area contributed by atoms with Crippen molar-refractivity contribution in [2.75, 3.05) is 13.2 Å². The standard InChI is InChI=1S/C50H96O6/c1-4-7-10-13-16-19-22-23-24-25-26-29-31-34-37-40-43-49(52)55-46-47(56-50(53)44-41-38-35-32-28-21-18-15-12-9-6-3)45-54-48(51)42-39-36-33-30-27-20-17-14-11-8-5-2/h47H,4-46H2,1-3H3/t47-/m0/s1. The maximum absolute atomic E-state index is 12.7. The molecule has 0 aromatic heterocycles. The van der Waals surface area contributed by atoms with Crippen LogP contribution in [0.3, 0.4) is 0 Å². The van der Waals surface area contributed by atoms with Crippen LogP contribution in [-0.4, -0.2) is 37.2 Å². The van der Waals surface area contributed by atoms with E-state index in [2.05, 4.69) is 20.8 Å². The van der Waals surface area contributed by atoms with E-state index < -0.39 is 6.10 Å². The van der Waals surface area contributed by atoms with Gasteiger partial charge in [-0.15, -0.1) is 0 Å². The van der Waals surface area contributed by atoms with Crippen molar-refractivity contribution in [1.29, 1.82) is 0 Å². The molecule has 332 valence electrons. The Morgan fingerprint density at radius 3 is 0.714 bits per heavy atom. The Hall–Kier alpha value is -1.59. The molecule has 56 heavy (non-hydrogen) atoms. The number of carbonyl (C=O) groups is 3. The Labute approximate surface area is 348 Å². The van der Waals surface area contributed by atoms with Gasteiger partial charge >= 0.3 is 17.9 Å². The van der Waals surface area contributed by atoms with Crippen LogP contribution in [0.2, 0.25) is 0 Å². The maximum Gasteiger partial charge on any atom is 0.306 e. The van der Waals surface area contributed by atoms with Crippen molar-refractivity contribution < 1.29 is 28.6 Å². The van der Waals surface area contributed by atoms with Gasteiger partial charge in [-0.05, 0) is 19.3 Å². The van der Waals surface area contributed by atoms with Gasteiger partial charge in [0.05, 0.1) is 0 Å². The summed E-state index contributed by atoms with van der Waals surface area (Å²) in [4.78, 5) is 37.8. The number of rotatable bonds is 46. The second-order valence-corrected chi connectivity index (χ2v) is 17.1. The van der Waals surface area contributed by atoms with Gasteiger partial charge in [-0.3, -0.25) is 14.4 Å². The number of hydrogen-bond donors (Lipinski definition) is 0. The Kier molecular flexibility index (Phi) is 44.8. The lowest BCUT2D eigenvalue weighted by molar-refractivity contribution is -0.167. The fourth-order valence-electron chi connectivity index (χ4n) is 7.56. The molecule has 0 aromatic rings. The number of ether oxygens (including phenoxy) is 3. The van der Waals surface area contributed by atoms with Gasteiger partial charge in [-0.25, -0.2) is 0 Å². The second kappa shape index (κ2) is 46.1. The van der Waals surface area contributed by atoms with Gasteiger partial charge in [0, 0.05) is 19.3 Å². The molecule has 0 aliphatic heterocycles. The molecule has 0 saturated heterocycles. The van der Waals surface area contributed by atoms with Crippen LogP contribution in [0.15, 0.2) is 0 Å². The summed E-state index contributed by atoms with van der Waals surface area (Å²) in [6, 6.07) is 0. The van der Waals surface area contributed by atoms with Gasteiger partial charge in [0.15, 0.2) is 6.10 Å². The summed E-state index contributed by atoms with van der Waals surface area (Å²) in [7, 11) is 0. The summed E-state index contributed by atoms with van der Waals surface area (Å²) in [6.07, 6.45) is 48.0. The molecule has 0 radical (unpaired) electrons. The zero-order valence-electron chi connectivity index (χ0n) is 37.9. The predicted octanol–water partition coefficient (Wildman–Crippen LogP) is 16.0. The van der Waals surface area contributed by atoms with Gasteiger partial charge in [0.2, 0.25) is 0 Å². The molecule has 0 unspecified atom stereocenters. The predicted molar refractivity (Wildman–Crippen MR) is 238 cm³/mol. The monoisotopic (exact) mass is 793 g/mol. The maximum atomic E-state index is 12.7. The van der Waals surface area contributed by atoms with Crippen LogP contribution >= 0.6 is 0 Å². The fraction of sp³-hybridized carbons (Fsp3) is 0.940. The minimum absolute atomic E-state index is 0.0621. The average molecular weight is 793 g/mol.